The number of amides is 1. The first-order chi connectivity index (χ1) is 14.2. The zero-order valence-corrected chi connectivity index (χ0v) is 16.4. The van der Waals surface area contributed by atoms with E-state index >= 15 is 0 Å². The average molecular weight is 403 g/mol. The molecule has 0 fully saturated rings. The number of nitrogens with zero attached hydrogens (tertiary/aromatic N) is 6. The van der Waals surface area contributed by atoms with Crippen molar-refractivity contribution in [3.8, 4) is 0 Å². The maximum absolute atomic E-state index is 12.9. The number of rotatable bonds is 5. The second-order valence-corrected chi connectivity index (χ2v) is 7.69. The molecular weight excluding hydrogens is 386 g/mol. The number of pyridine rings is 2. The fraction of sp³-hybridized carbons (Fsp3) is 0.150. The molecule has 0 aliphatic rings. The zero-order chi connectivity index (χ0) is 19.8. The van der Waals surface area contributed by atoms with E-state index in [2.05, 4.69) is 31.7 Å². The molecular formula is C20H17N7OS. The maximum atomic E-state index is 12.9. The Hall–Kier alpha value is -3.59. The highest BCUT2D eigenvalue weighted by atomic mass is 32.1. The summed E-state index contributed by atoms with van der Waals surface area (Å²) in [6.07, 6.45) is 3.58. The minimum atomic E-state index is -0.191. The van der Waals surface area contributed by atoms with Crippen molar-refractivity contribution < 1.29 is 4.79 Å². The predicted octanol–water partition coefficient (Wildman–Crippen LogP) is 2.82. The number of aromatic nitrogens is 6. The van der Waals surface area contributed by atoms with E-state index in [0.717, 1.165) is 16.7 Å². The highest BCUT2D eigenvalue weighted by Gasteiger charge is 2.17. The van der Waals surface area contributed by atoms with Crippen molar-refractivity contribution in [3.05, 3.63) is 76.1 Å². The number of fused-ring (bicyclic) bond motifs is 2. The standard InChI is InChI=1S/C20H17N7OS/c1-13-9-15(16-10-22-27(19(16)23-13)12-14-5-4-8-29-14)20(28)21-11-18-25-24-17-6-2-3-7-26(17)18/h2-10H,11-12H2,1H3,(H,21,28). The summed E-state index contributed by atoms with van der Waals surface area (Å²) in [7, 11) is 0. The summed E-state index contributed by atoms with van der Waals surface area (Å²) in [5.74, 6) is 0.480. The Morgan fingerprint density at radius 3 is 3.00 bits per heavy atom. The van der Waals surface area contributed by atoms with Crippen LogP contribution in [0.15, 0.2) is 54.2 Å². The minimum absolute atomic E-state index is 0.191. The first kappa shape index (κ1) is 17.5. The highest BCUT2D eigenvalue weighted by molar-refractivity contribution is 7.09. The zero-order valence-electron chi connectivity index (χ0n) is 15.6. The first-order valence-electron chi connectivity index (χ1n) is 9.11. The molecule has 144 valence electrons. The van der Waals surface area contributed by atoms with Crippen LogP contribution in [0.1, 0.15) is 26.8 Å². The van der Waals surface area contributed by atoms with E-state index in [-0.39, 0.29) is 12.5 Å². The molecule has 0 aromatic carbocycles. The van der Waals surface area contributed by atoms with Gasteiger partial charge >= 0.3 is 0 Å². The van der Waals surface area contributed by atoms with E-state index in [1.165, 1.54) is 4.88 Å². The molecule has 0 aliphatic heterocycles. The van der Waals surface area contributed by atoms with Crippen LogP contribution in [-0.2, 0) is 13.1 Å². The van der Waals surface area contributed by atoms with E-state index in [9.17, 15) is 4.79 Å². The molecule has 0 radical (unpaired) electrons. The molecule has 1 N–H and O–H groups in total. The van der Waals surface area contributed by atoms with Gasteiger partial charge < -0.3 is 5.32 Å². The first-order valence-corrected chi connectivity index (χ1v) is 9.99. The smallest absolute Gasteiger partial charge is 0.252 e. The van der Waals surface area contributed by atoms with Gasteiger partial charge in [0.05, 0.1) is 30.2 Å². The van der Waals surface area contributed by atoms with Crippen molar-refractivity contribution in [3.63, 3.8) is 0 Å². The van der Waals surface area contributed by atoms with Gasteiger partial charge in [-0.3, -0.25) is 9.20 Å². The number of nitrogens with one attached hydrogen (secondary N) is 1. The van der Waals surface area contributed by atoms with Gasteiger partial charge in [-0.1, -0.05) is 12.1 Å². The van der Waals surface area contributed by atoms with Crippen molar-refractivity contribution in [2.24, 2.45) is 0 Å². The Balaban J connectivity index is 1.43. The molecule has 5 rings (SSSR count). The lowest BCUT2D eigenvalue weighted by Gasteiger charge is -2.07. The van der Waals surface area contributed by atoms with E-state index in [4.69, 9.17) is 0 Å². The monoisotopic (exact) mass is 403 g/mol. The Kier molecular flexibility index (Phi) is 4.28. The number of thiophene rings is 1. The Labute approximate surface area is 169 Å². The summed E-state index contributed by atoms with van der Waals surface area (Å²) < 4.78 is 3.68. The van der Waals surface area contributed by atoms with Crippen LogP contribution in [0.25, 0.3) is 16.7 Å². The minimum Gasteiger partial charge on any atom is -0.345 e. The van der Waals surface area contributed by atoms with Crippen LogP contribution in [0.2, 0.25) is 0 Å². The van der Waals surface area contributed by atoms with Gasteiger partial charge in [0, 0.05) is 16.8 Å². The summed E-state index contributed by atoms with van der Waals surface area (Å²) in [5.41, 5.74) is 2.77. The molecule has 0 spiro atoms. The van der Waals surface area contributed by atoms with Crippen molar-refractivity contribution in [1.29, 1.82) is 0 Å². The fourth-order valence-electron chi connectivity index (χ4n) is 3.29. The summed E-state index contributed by atoms with van der Waals surface area (Å²) in [5, 5.41) is 18.4. The Morgan fingerprint density at radius 2 is 2.14 bits per heavy atom. The van der Waals surface area contributed by atoms with Crippen molar-refractivity contribution in [1.82, 2.24) is 34.7 Å². The highest BCUT2D eigenvalue weighted by Crippen LogP contribution is 2.20. The molecule has 0 unspecified atom stereocenters. The predicted molar refractivity (Wildman–Crippen MR) is 110 cm³/mol. The van der Waals surface area contributed by atoms with Gasteiger partial charge in [0.25, 0.3) is 5.91 Å². The van der Waals surface area contributed by atoms with Crippen LogP contribution in [0, 0.1) is 6.92 Å². The lowest BCUT2D eigenvalue weighted by molar-refractivity contribution is 0.0951. The van der Waals surface area contributed by atoms with Gasteiger partial charge in [0.1, 0.15) is 0 Å². The topological polar surface area (TPSA) is 90.0 Å². The number of aryl methyl sites for hydroxylation is 1. The molecule has 0 atom stereocenters. The number of hydrogen-bond donors (Lipinski definition) is 1. The van der Waals surface area contributed by atoms with Gasteiger partial charge in [-0.15, -0.1) is 21.5 Å². The van der Waals surface area contributed by atoms with Crippen LogP contribution >= 0.6 is 11.3 Å². The van der Waals surface area contributed by atoms with Gasteiger partial charge in [-0.25, -0.2) is 9.67 Å². The van der Waals surface area contributed by atoms with Crippen molar-refractivity contribution in [2.45, 2.75) is 20.0 Å². The van der Waals surface area contributed by atoms with E-state index in [1.54, 1.807) is 23.6 Å². The quantitative estimate of drug-likeness (QED) is 0.487. The third-order valence-corrected chi connectivity index (χ3v) is 5.52. The summed E-state index contributed by atoms with van der Waals surface area (Å²) in [6.45, 7) is 2.78. The molecule has 0 aliphatic carbocycles. The van der Waals surface area contributed by atoms with E-state index < -0.39 is 0 Å². The van der Waals surface area contributed by atoms with Gasteiger partial charge in [0.15, 0.2) is 17.1 Å². The molecule has 1 amide bonds. The molecule has 5 aromatic rings. The second-order valence-electron chi connectivity index (χ2n) is 6.66. The number of carbonyl (C=O) groups is 1. The summed E-state index contributed by atoms with van der Waals surface area (Å²) in [4.78, 5) is 18.7. The molecule has 5 aromatic heterocycles. The summed E-state index contributed by atoms with van der Waals surface area (Å²) in [6, 6.07) is 11.5. The van der Waals surface area contributed by atoms with Gasteiger partial charge in [0.2, 0.25) is 0 Å². The second kappa shape index (κ2) is 7.10. The third-order valence-electron chi connectivity index (χ3n) is 4.66. The summed E-state index contributed by atoms with van der Waals surface area (Å²) >= 11 is 1.67. The molecule has 8 nitrogen and oxygen atoms in total. The SMILES string of the molecule is Cc1cc(C(=O)NCc2nnc3ccccn23)c2cnn(Cc3cccs3)c2n1. The molecule has 5 heterocycles. The Bertz CT molecular complexity index is 1320. The average Bonchev–Trinajstić information content (AvgIpc) is 3.47. The van der Waals surface area contributed by atoms with Crippen LogP contribution in [-0.4, -0.2) is 35.3 Å². The molecule has 9 heteroatoms. The van der Waals surface area contributed by atoms with Crippen LogP contribution in [0.4, 0.5) is 0 Å². The van der Waals surface area contributed by atoms with Crippen LogP contribution in [0.5, 0.6) is 0 Å². The fourth-order valence-corrected chi connectivity index (χ4v) is 3.98. The van der Waals surface area contributed by atoms with E-state index in [0.29, 0.717) is 23.6 Å². The molecule has 0 saturated carbocycles. The normalized spacial score (nSPS) is 11.3. The van der Waals surface area contributed by atoms with Crippen molar-refractivity contribution >= 4 is 33.9 Å². The molecule has 0 bridgehead atoms. The lowest BCUT2D eigenvalue weighted by Crippen LogP contribution is -2.24. The van der Waals surface area contributed by atoms with Gasteiger partial charge in [-0.2, -0.15) is 5.10 Å². The largest absolute Gasteiger partial charge is 0.345 e. The lowest BCUT2D eigenvalue weighted by atomic mass is 10.1. The third kappa shape index (κ3) is 3.25. The maximum Gasteiger partial charge on any atom is 0.252 e. The van der Waals surface area contributed by atoms with E-state index in [1.807, 2.05) is 51.8 Å². The number of carbonyl (C=O) groups excluding carboxylic acids is 1. The van der Waals surface area contributed by atoms with Crippen LogP contribution in [0.3, 0.4) is 0 Å². The molecule has 0 saturated heterocycles. The number of hydrogen-bond acceptors (Lipinski definition) is 6. The Morgan fingerprint density at radius 1 is 1.21 bits per heavy atom. The molecule has 29 heavy (non-hydrogen) atoms. The van der Waals surface area contributed by atoms with Crippen molar-refractivity contribution in [2.75, 3.05) is 0 Å². The van der Waals surface area contributed by atoms with Gasteiger partial charge in [-0.05, 0) is 36.6 Å². The van der Waals surface area contributed by atoms with Crippen LogP contribution < -0.4 is 5.32 Å².